The van der Waals surface area contributed by atoms with Crippen molar-refractivity contribution >= 4 is 11.6 Å². The van der Waals surface area contributed by atoms with Crippen LogP contribution < -0.4 is 19.7 Å². The number of carbonyl (C=O) groups is 1. The third-order valence-electron chi connectivity index (χ3n) is 6.43. The number of fused-ring (bicyclic) bond motifs is 1. The summed E-state index contributed by atoms with van der Waals surface area (Å²) >= 11 is 0. The van der Waals surface area contributed by atoms with Crippen LogP contribution in [0.15, 0.2) is 18.2 Å². The van der Waals surface area contributed by atoms with Gasteiger partial charge in [0.15, 0.2) is 11.5 Å². The highest BCUT2D eigenvalue weighted by Gasteiger charge is 2.26. The molecule has 1 amide bonds. The van der Waals surface area contributed by atoms with Crippen molar-refractivity contribution in [3.8, 4) is 11.5 Å². The van der Waals surface area contributed by atoms with Crippen LogP contribution in [0.1, 0.15) is 32.1 Å². The molecule has 1 aromatic rings. The Labute approximate surface area is 173 Å². The molecule has 1 saturated heterocycles. The standard InChI is InChI=1S/C22H33N3O4/c1-27-15-21(26)23-18-7-5-17(6-8-18)9-10-24-11-13-25(14-12-24)19-3-2-4-20-22(19)29-16-28-20/h2-4,17-18H,5-16H2,1H3,(H,23,26)/t17-,18-. The largest absolute Gasteiger partial charge is 0.454 e. The number of piperazine rings is 1. The van der Waals surface area contributed by atoms with Crippen LogP contribution in [0, 0.1) is 5.92 Å². The topological polar surface area (TPSA) is 63.3 Å². The van der Waals surface area contributed by atoms with E-state index in [9.17, 15) is 4.79 Å². The number of ether oxygens (including phenoxy) is 3. The van der Waals surface area contributed by atoms with E-state index in [1.54, 1.807) is 7.11 Å². The zero-order valence-electron chi connectivity index (χ0n) is 17.4. The van der Waals surface area contributed by atoms with E-state index in [1.807, 2.05) is 12.1 Å². The first-order valence-corrected chi connectivity index (χ1v) is 10.9. The van der Waals surface area contributed by atoms with Gasteiger partial charge in [-0.2, -0.15) is 0 Å². The molecule has 0 aromatic heterocycles. The number of para-hydroxylation sites is 1. The predicted octanol–water partition coefficient (Wildman–Crippen LogP) is 2.25. The molecule has 29 heavy (non-hydrogen) atoms. The van der Waals surface area contributed by atoms with Crippen molar-refractivity contribution in [2.75, 3.05) is 58.1 Å². The number of carbonyl (C=O) groups excluding carboxylic acids is 1. The van der Waals surface area contributed by atoms with Crippen molar-refractivity contribution in [3.63, 3.8) is 0 Å². The van der Waals surface area contributed by atoms with Gasteiger partial charge in [0.2, 0.25) is 12.7 Å². The Balaban J connectivity index is 1.16. The fraction of sp³-hybridized carbons (Fsp3) is 0.682. The summed E-state index contributed by atoms with van der Waals surface area (Å²) in [5, 5.41) is 3.08. The lowest BCUT2D eigenvalue weighted by Crippen LogP contribution is -2.47. The van der Waals surface area contributed by atoms with Gasteiger partial charge >= 0.3 is 0 Å². The van der Waals surface area contributed by atoms with Crippen LogP contribution in [0.3, 0.4) is 0 Å². The van der Waals surface area contributed by atoms with Gasteiger partial charge in [0.25, 0.3) is 0 Å². The molecular weight excluding hydrogens is 370 g/mol. The second kappa shape index (κ2) is 9.67. The Morgan fingerprint density at radius 2 is 1.93 bits per heavy atom. The van der Waals surface area contributed by atoms with E-state index in [2.05, 4.69) is 21.2 Å². The summed E-state index contributed by atoms with van der Waals surface area (Å²) in [6.45, 7) is 5.89. The van der Waals surface area contributed by atoms with Crippen molar-refractivity contribution in [2.24, 2.45) is 5.92 Å². The van der Waals surface area contributed by atoms with E-state index in [0.29, 0.717) is 12.8 Å². The molecule has 4 rings (SSSR count). The molecule has 7 heteroatoms. The molecule has 0 radical (unpaired) electrons. The molecule has 1 aromatic carbocycles. The molecule has 2 heterocycles. The minimum Gasteiger partial charge on any atom is -0.454 e. The van der Waals surface area contributed by atoms with Crippen LogP contribution in [-0.4, -0.2) is 70.1 Å². The Morgan fingerprint density at radius 3 is 2.69 bits per heavy atom. The second-order valence-electron chi connectivity index (χ2n) is 8.35. The van der Waals surface area contributed by atoms with E-state index in [4.69, 9.17) is 14.2 Å². The molecule has 1 aliphatic carbocycles. The number of anilines is 1. The van der Waals surface area contributed by atoms with E-state index in [0.717, 1.165) is 62.1 Å². The first kappa shape index (κ1) is 20.3. The fourth-order valence-electron chi connectivity index (χ4n) is 4.74. The van der Waals surface area contributed by atoms with Crippen LogP contribution in [0.25, 0.3) is 0 Å². The molecular formula is C22H33N3O4. The molecule has 1 N–H and O–H groups in total. The lowest BCUT2D eigenvalue weighted by molar-refractivity contribution is -0.125. The van der Waals surface area contributed by atoms with Crippen molar-refractivity contribution in [1.29, 1.82) is 0 Å². The van der Waals surface area contributed by atoms with Crippen LogP contribution >= 0.6 is 0 Å². The molecule has 0 spiro atoms. The molecule has 160 valence electrons. The lowest BCUT2D eigenvalue weighted by Gasteiger charge is -2.37. The number of nitrogens with zero attached hydrogens (tertiary/aromatic N) is 2. The summed E-state index contributed by atoms with van der Waals surface area (Å²) in [7, 11) is 1.56. The van der Waals surface area contributed by atoms with Crippen molar-refractivity contribution in [3.05, 3.63) is 18.2 Å². The summed E-state index contributed by atoms with van der Waals surface area (Å²) in [5.41, 5.74) is 1.16. The van der Waals surface area contributed by atoms with Crippen LogP contribution in [-0.2, 0) is 9.53 Å². The molecule has 1 saturated carbocycles. The van der Waals surface area contributed by atoms with Crippen LogP contribution in [0.4, 0.5) is 5.69 Å². The number of nitrogens with one attached hydrogen (secondary N) is 1. The number of benzene rings is 1. The number of rotatable bonds is 7. The Bertz CT molecular complexity index is 683. The van der Waals surface area contributed by atoms with Gasteiger partial charge in [-0.15, -0.1) is 0 Å². The quantitative estimate of drug-likeness (QED) is 0.754. The average Bonchev–Trinajstić information content (AvgIpc) is 3.23. The van der Waals surface area contributed by atoms with Crippen molar-refractivity contribution in [1.82, 2.24) is 10.2 Å². The summed E-state index contributed by atoms with van der Waals surface area (Å²) in [5.74, 6) is 2.55. The maximum Gasteiger partial charge on any atom is 0.246 e. The summed E-state index contributed by atoms with van der Waals surface area (Å²) < 4.78 is 16.1. The molecule has 0 atom stereocenters. The van der Waals surface area contributed by atoms with Crippen LogP contribution in [0.2, 0.25) is 0 Å². The highest BCUT2D eigenvalue weighted by atomic mass is 16.7. The zero-order valence-corrected chi connectivity index (χ0v) is 17.4. The maximum atomic E-state index is 11.7. The maximum absolute atomic E-state index is 11.7. The summed E-state index contributed by atoms with van der Waals surface area (Å²) in [6, 6.07) is 6.48. The second-order valence-corrected chi connectivity index (χ2v) is 8.35. The first-order valence-electron chi connectivity index (χ1n) is 10.9. The van der Waals surface area contributed by atoms with Gasteiger partial charge in [-0.1, -0.05) is 6.07 Å². The monoisotopic (exact) mass is 403 g/mol. The van der Waals surface area contributed by atoms with E-state index in [-0.39, 0.29) is 12.5 Å². The smallest absolute Gasteiger partial charge is 0.246 e. The van der Waals surface area contributed by atoms with Crippen molar-refractivity contribution < 1.29 is 19.0 Å². The van der Waals surface area contributed by atoms with Crippen molar-refractivity contribution in [2.45, 2.75) is 38.1 Å². The summed E-state index contributed by atoms with van der Waals surface area (Å²) in [4.78, 5) is 16.7. The molecule has 2 fully saturated rings. The molecule has 2 aliphatic heterocycles. The third-order valence-corrected chi connectivity index (χ3v) is 6.43. The number of amides is 1. The average molecular weight is 404 g/mol. The van der Waals surface area contributed by atoms with Gasteiger partial charge in [0, 0.05) is 39.3 Å². The Hall–Kier alpha value is -1.99. The normalized spacial score (nSPS) is 24.5. The first-order chi connectivity index (χ1) is 14.2. The predicted molar refractivity (Wildman–Crippen MR) is 112 cm³/mol. The van der Waals surface area contributed by atoms with Gasteiger partial charge in [0.05, 0.1) is 5.69 Å². The highest BCUT2D eigenvalue weighted by Crippen LogP contribution is 2.41. The molecule has 7 nitrogen and oxygen atoms in total. The van der Waals surface area contributed by atoms with Gasteiger partial charge < -0.3 is 24.4 Å². The van der Waals surface area contributed by atoms with Gasteiger partial charge in [0.1, 0.15) is 6.61 Å². The lowest BCUT2D eigenvalue weighted by atomic mass is 9.84. The van der Waals surface area contributed by atoms with Gasteiger partial charge in [-0.3, -0.25) is 9.69 Å². The Kier molecular flexibility index (Phi) is 6.77. The number of hydrogen-bond acceptors (Lipinski definition) is 6. The fourth-order valence-corrected chi connectivity index (χ4v) is 4.74. The molecule has 3 aliphatic rings. The summed E-state index contributed by atoms with van der Waals surface area (Å²) in [6.07, 6.45) is 5.87. The third kappa shape index (κ3) is 5.14. The zero-order chi connectivity index (χ0) is 20.1. The number of hydrogen-bond donors (Lipinski definition) is 1. The van der Waals surface area contributed by atoms with Crippen LogP contribution in [0.5, 0.6) is 11.5 Å². The molecule has 0 bridgehead atoms. The minimum atomic E-state index is 0.00911. The number of methoxy groups -OCH3 is 1. The SMILES string of the molecule is COCC(=O)N[C@H]1CC[C@H](CCN2CCN(c3cccc4c3OCO4)CC2)CC1. The molecule has 0 unspecified atom stereocenters. The Morgan fingerprint density at radius 1 is 1.14 bits per heavy atom. The van der Waals surface area contributed by atoms with E-state index in [1.165, 1.54) is 25.8 Å². The van der Waals surface area contributed by atoms with E-state index >= 15 is 0 Å². The highest BCUT2D eigenvalue weighted by molar-refractivity contribution is 5.77. The minimum absolute atomic E-state index is 0.00911. The van der Waals surface area contributed by atoms with E-state index < -0.39 is 0 Å². The van der Waals surface area contributed by atoms with Gasteiger partial charge in [-0.05, 0) is 56.7 Å². The van der Waals surface area contributed by atoms with Gasteiger partial charge in [-0.25, -0.2) is 0 Å².